The van der Waals surface area contributed by atoms with Gasteiger partial charge in [-0.2, -0.15) is 0 Å². The van der Waals surface area contributed by atoms with E-state index in [4.69, 9.17) is 14.4 Å². The van der Waals surface area contributed by atoms with Gasteiger partial charge in [0, 0.05) is 44.1 Å². The maximum atomic E-state index is 13.3. The molecule has 0 aliphatic carbocycles. The van der Waals surface area contributed by atoms with Crippen LogP contribution < -0.4 is 5.63 Å². The zero-order valence-electron chi connectivity index (χ0n) is 25.5. The summed E-state index contributed by atoms with van der Waals surface area (Å²) in [5, 5.41) is 4.46. The largest absolute Gasteiger partial charge is 0.420 e. The molecule has 9 rings (SSSR count). The summed E-state index contributed by atoms with van der Waals surface area (Å²) in [5.74, 6) is 0.673. The number of hydrogen-bond donors (Lipinski definition) is 0. The predicted octanol–water partition coefficient (Wildman–Crippen LogP) is 10.1. The van der Waals surface area contributed by atoms with E-state index in [9.17, 15) is 4.79 Å². The SMILES string of the molecule is Cc1c(-c2ccccc2)nc(-c2ccccc2)nc1-c1cccc(-n2c3ccccc3c3ccc4c5ccccc5c(=O)oc4c32)c1. The second-order valence-corrected chi connectivity index (χ2v) is 11.8. The average molecular weight is 606 g/mol. The Kier molecular flexibility index (Phi) is 6.12. The summed E-state index contributed by atoms with van der Waals surface area (Å²) in [6.45, 7) is 2.09. The van der Waals surface area contributed by atoms with E-state index in [-0.39, 0.29) is 5.63 Å². The van der Waals surface area contributed by atoms with Gasteiger partial charge in [-0.3, -0.25) is 0 Å². The van der Waals surface area contributed by atoms with Crippen molar-refractivity contribution < 1.29 is 4.42 Å². The van der Waals surface area contributed by atoms with Crippen LogP contribution in [0.5, 0.6) is 0 Å². The third-order valence-electron chi connectivity index (χ3n) is 9.02. The minimum atomic E-state index is -0.343. The van der Waals surface area contributed by atoms with E-state index in [0.717, 1.165) is 71.9 Å². The molecule has 5 heteroatoms. The Morgan fingerprint density at radius 3 is 1.89 bits per heavy atom. The normalized spacial score (nSPS) is 11.6. The van der Waals surface area contributed by atoms with Crippen LogP contribution in [0.3, 0.4) is 0 Å². The molecule has 0 saturated carbocycles. The summed E-state index contributed by atoms with van der Waals surface area (Å²) < 4.78 is 8.36. The molecule has 47 heavy (non-hydrogen) atoms. The third-order valence-corrected chi connectivity index (χ3v) is 9.02. The number of aromatic nitrogens is 3. The Bertz CT molecular complexity index is 2710. The molecule has 0 amide bonds. The summed E-state index contributed by atoms with van der Waals surface area (Å²) in [4.78, 5) is 23.5. The summed E-state index contributed by atoms with van der Waals surface area (Å²) in [6, 6.07) is 49.0. The standard InChI is InChI=1S/C42H27N3O2/c1-26-37(27-13-4-2-5-14-27)43-41(28-15-6-3-7-16-28)44-38(26)29-17-12-18-30(25-29)45-36-22-11-10-20-32(36)33-23-24-34-31-19-8-9-21-35(31)42(46)47-40(34)39(33)45/h2-25H,1H3. The van der Waals surface area contributed by atoms with Crippen LogP contribution in [0, 0.1) is 6.92 Å². The number of nitrogens with zero attached hydrogens (tertiary/aromatic N) is 3. The highest BCUT2D eigenvalue weighted by Crippen LogP contribution is 2.39. The smallest absolute Gasteiger partial charge is 0.344 e. The minimum absolute atomic E-state index is 0.343. The second-order valence-electron chi connectivity index (χ2n) is 11.8. The van der Waals surface area contributed by atoms with Crippen molar-refractivity contribution in [2.24, 2.45) is 0 Å². The van der Waals surface area contributed by atoms with E-state index in [1.165, 1.54) is 0 Å². The summed E-state index contributed by atoms with van der Waals surface area (Å²) in [5.41, 5.74) is 8.78. The molecule has 0 unspecified atom stereocenters. The van der Waals surface area contributed by atoms with E-state index in [2.05, 4.69) is 72.2 Å². The van der Waals surface area contributed by atoms with Gasteiger partial charge in [0.2, 0.25) is 0 Å². The molecule has 0 saturated heterocycles. The molecular weight excluding hydrogens is 578 g/mol. The lowest BCUT2D eigenvalue weighted by Crippen LogP contribution is -2.02. The minimum Gasteiger partial charge on any atom is -0.420 e. The number of benzene rings is 6. The maximum absolute atomic E-state index is 13.3. The molecule has 3 aromatic heterocycles. The van der Waals surface area contributed by atoms with Gasteiger partial charge in [-0.05, 0) is 42.6 Å². The van der Waals surface area contributed by atoms with Crippen LogP contribution in [0.2, 0.25) is 0 Å². The van der Waals surface area contributed by atoms with Crippen LogP contribution in [-0.2, 0) is 0 Å². The fraction of sp³-hybridized carbons (Fsp3) is 0.0238. The van der Waals surface area contributed by atoms with Crippen LogP contribution >= 0.6 is 0 Å². The van der Waals surface area contributed by atoms with Gasteiger partial charge < -0.3 is 8.98 Å². The number of hydrogen-bond acceptors (Lipinski definition) is 4. The van der Waals surface area contributed by atoms with E-state index in [1.54, 1.807) is 0 Å². The molecule has 0 radical (unpaired) electrons. The van der Waals surface area contributed by atoms with Crippen molar-refractivity contribution in [3.8, 4) is 39.6 Å². The number of rotatable bonds is 4. The van der Waals surface area contributed by atoms with Gasteiger partial charge >= 0.3 is 5.63 Å². The highest BCUT2D eigenvalue weighted by atomic mass is 16.4. The first-order valence-electron chi connectivity index (χ1n) is 15.6. The molecule has 0 spiro atoms. The molecule has 9 aromatic rings. The van der Waals surface area contributed by atoms with Crippen molar-refractivity contribution >= 4 is 43.5 Å². The van der Waals surface area contributed by atoms with Gasteiger partial charge in [-0.1, -0.05) is 115 Å². The second kappa shape index (κ2) is 10.6. The molecule has 0 fully saturated rings. The van der Waals surface area contributed by atoms with E-state index in [1.807, 2.05) is 84.9 Å². The first kappa shape index (κ1) is 27.0. The van der Waals surface area contributed by atoms with Gasteiger partial charge in [0.05, 0.1) is 27.8 Å². The first-order chi connectivity index (χ1) is 23.2. The zero-order chi connectivity index (χ0) is 31.5. The highest BCUT2D eigenvalue weighted by molar-refractivity contribution is 6.20. The van der Waals surface area contributed by atoms with Crippen LogP contribution in [0.25, 0.3) is 83.1 Å². The van der Waals surface area contributed by atoms with Crippen molar-refractivity contribution in [3.63, 3.8) is 0 Å². The van der Waals surface area contributed by atoms with Crippen molar-refractivity contribution in [2.45, 2.75) is 6.92 Å². The monoisotopic (exact) mass is 605 g/mol. The Balaban J connectivity index is 1.33. The van der Waals surface area contributed by atoms with Crippen LogP contribution in [-0.4, -0.2) is 14.5 Å². The van der Waals surface area contributed by atoms with Crippen LogP contribution in [0.4, 0.5) is 0 Å². The third kappa shape index (κ3) is 4.28. The Labute approximate surface area is 270 Å². The lowest BCUT2D eigenvalue weighted by molar-refractivity contribution is 0.572. The van der Waals surface area contributed by atoms with Crippen LogP contribution in [0.1, 0.15) is 5.56 Å². The molecule has 6 aromatic carbocycles. The molecule has 0 aliphatic rings. The topological polar surface area (TPSA) is 60.9 Å². The molecule has 0 N–H and O–H groups in total. The first-order valence-corrected chi connectivity index (χ1v) is 15.6. The highest BCUT2D eigenvalue weighted by Gasteiger charge is 2.20. The van der Waals surface area contributed by atoms with Crippen molar-refractivity contribution in [1.82, 2.24) is 14.5 Å². The molecular formula is C42H27N3O2. The Morgan fingerprint density at radius 1 is 0.532 bits per heavy atom. The van der Waals surface area contributed by atoms with E-state index < -0.39 is 0 Å². The van der Waals surface area contributed by atoms with Crippen molar-refractivity contribution in [2.75, 3.05) is 0 Å². The molecule has 0 bridgehead atoms. The molecule has 0 aliphatic heterocycles. The fourth-order valence-electron chi connectivity index (χ4n) is 6.84. The van der Waals surface area contributed by atoms with Gasteiger partial charge in [0.25, 0.3) is 0 Å². The quantitative estimate of drug-likeness (QED) is 0.148. The van der Waals surface area contributed by atoms with Gasteiger partial charge in [-0.15, -0.1) is 0 Å². The summed E-state index contributed by atoms with van der Waals surface area (Å²) in [7, 11) is 0. The van der Waals surface area contributed by atoms with Gasteiger partial charge in [-0.25, -0.2) is 14.8 Å². The lowest BCUT2D eigenvalue weighted by Gasteiger charge is -2.15. The molecule has 3 heterocycles. The maximum Gasteiger partial charge on any atom is 0.344 e. The fourth-order valence-corrected chi connectivity index (χ4v) is 6.84. The molecule has 5 nitrogen and oxygen atoms in total. The van der Waals surface area contributed by atoms with E-state index in [0.29, 0.717) is 16.8 Å². The van der Waals surface area contributed by atoms with Crippen molar-refractivity contribution in [3.05, 3.63) is 162 Å². The van der Waals surface area contributed by atoms with Gasteiger partial charge in [0.1, 0.15) is 0 Å². The Morgan fingerprint density at radius 2 is 1.13 bits per heavy atom. The zero-order valence-corrected chi connectivity index (χ0v) is 25.5. The number of fused-ring (bicyclic) bond motifs is 7. The van der Waals surface area contributed by atoms with E-state index >= 15 is 0 Å². The Hall–Kier alpha value is -6.33. The summed E-state index contributed by atoms with van der Waals surface area (Å²) >= 11 is 0. The summed E-state index contributed by atoms with van der Waals surface area (Å²) in [6.07, 6.45) is 0. The number of para-hydroxylation sites is 1. The van der Waals surface area contributed by atoms with Crippen molar-refractivity contribution in [1.29, 1.82) is 0 Å². The average Bonchev–Trinajstić information content (AvgIpc) is 3.48. The molecule has 222 valence electrons. The van der Waals surface area contributed by atoms with Gasteiger partial charge in [0.15, 0.2) is 11.4 Å². The predicted molar refractivity (Wildman–Crippen MR) is 191 cm³/mol. The van der Waals surface area contributed by atoms with Crippen LogP contribution in [0.15, 0.2) is 155 Å². The molecule has 0 atom stereocenters. The lowest BCUT2D eigenvalue weighted by atomic mass is 10.00.